The highest BCUT2D eigenvalue weighted by atomic mass is 19.1. The molecule has 0 unspecified atom stereocenters. The lowest BCUT2D eigenvalue weighted by Crippen LogP contribution is -2.32. The van der Waals surface area contributed by atoms with Gasteiger partial charge in [-0.25, -0.2) is 4.39 Å². The molecule has 2 amide bonds. The molecule has 0 atom stereocenters. The van der Waals surface area contributed by atoms with E-state index in [-0.39, 0.29) is 23.4 Å². The Hall–Kier alpha value is -4.13. The molecule has 1 heterocycles. The van der Waals surface area contributed by atoms with Crippen LogP contribution in [0.5, 0.6) is 11.5 Å². The Labute approximate surface area is 197 Å². The van der Waals surface area contributed by atoms with Crippen LogP contribution in [0.15, 0.2) is 78.5 Å². The van der Waals surface area contributed by atoms with E-state index in [2.05, 4.69) is 5.32 Å². The molecule has 7 heteroatoms. The Bertz CT molecular complexity index is 1240. The molecule has 0 saturated heterocycles. The highest BCUT2D eigenvalue weighted by molar-refractivity contribution is 6.36. The predicted octanol–water partition coefficient (Wildman–Crippen LogP) is 5.02. The normalized spacial score (nSPS) is 13.4. The van der Waals surface area contributed by atoms with Crippen LogP contribution in [-0.2, 0) is 16.1 Å². The zero-order valence-electron chi connectivity index (χ0n) is 19.0. The molecule has 0 fully saturated rings. The molecule has 0 spiro atoms. The standard InChI is InChI=1S/C27H25FN2O4/c1-3-33-21-14-12-18(13-15-21)24-25(29-20-9-7-10-22(16-20)34-4-2)27(32)30(26(24)31)17-19-8-5-6-11-23(19)28/h5-16,29H,3-4,17H2,1-2H3. The first-order valence-corrected chi connectivity index (χ1v) is 11.1. The van der Waals surface area contributed by atoms with Crippen LogP contribution < -0.4 is 14.8 Å². The number of carbonyl (C=O) groups is 2. The molecule has 0 saturated carbocycles. The molecule has 0 bridgehead atoms. The zero-order chi connectivity index (χ0) is 24.1. The van der Waals surface area contributed by atoms with E-state index >= 15 is 0 Å². The van der Waals surface area contributed by atoms with Gasteiger partial charge in [-0.1, -0.05) is 36.4 Å². The summed E-state index contributed by atoms with van der Waals surface area (Å²) < 4.78 is 25.3. The van der Waals surface area contributed by atoms with E-state index < -0.39 is 17.6 Å². The third-order valence-electron chi connectivity index (χ3n) is 5.32. The minimum Gasteiger partial charge on any atom is -0.494 e. The van der Waals surface area contributed by atoms with Gasteiger partial charge in [0.2, 0.25) is 0 Å². The highest BCUT2D eigenvalue weighted by Crippen LogP contribution is 2.33. The predicted molar refractivity (Wildman–Crippen MR) is 128 cm³/mol. The molecule has 0 aromatic heterocycles. The van der Waals surface area contributed by atoms with Gasteiger partial charge in [-0.2, -0.15) is 0 Å². The average Bonchev–Trinajstić information content (AvgIpc) is 3.06. The summed E-state index contributed by atoms with van der Waals surface area (Å²) in [6.07, 6.45) is 0. The number of hydrogen-bond acceptors (Lipinski definition) is 5. The van der Waals surface area contributed by atoms with Crippen molar-refractivity contribution in [3.8, 4) is 11.5 Å². The fourth-order valence-electron chi connectivity index (χ4n) is 3.76. The molecule has 1 aliphatic heterocycles. The molecule has 3 aromatic carbocycles. The smallest absolute Gasteiger partial charge is 0.278 e. The number of amides is 2. The van der Waals surface area contributed by atoms with Crippen molar-refractivity contribution in [3.63, 3.8) is 0 Å². The van der Waals surface area contributed by atoms with Crippen molar-refractivity contribution >= 4 is 23.1 Å². The molecule has 1 N–H and O–H groups in total. The summed E-state index contributed by atoms with van der Waals surface area (Å²) in [5.74, 6) is -0.210. The quantitative estimate of drug-likeness (QED) is 0.455. The van der Waals surface area contributed by atoms with E-state index in [0.29, 0.717) is 36.0 Å². The van der Waals surface area contributed by atoms with E-state index in [4.69, 9.17) is 9.47 Å². The van der Waals surface area contributed by atoms with E-state index in [1.165, 1.54) is 6.07 Å². The van der Waals surface area contributed by atoms with Crippen molar-refractivity contribution in [2.24, 2.45) is 0 Å². The fraction of sp³-hybridized carbons (Fsp3) is 0.185. The van der Waals surface area contributed by atoms with Crippen LogP contribution in [0.3, 0.4) is 0 Å². The van der Waals surface area contributed by atoms with Gasteiger partial charge in [-0.15, -0.1) is 0 Å². The summed E-state index contributed by atoms with van der Waals surface area (Å²) in [5, 5.41) is 3.10. The summed E-state index contributed by atoms with van der Waals surface area (Å²) in [6, 6.07) is 20.2. The van der Waals surface area contributed by atoms with Crippen LogP contribution in [0.25, 0.3) is 5.57 Å². The summed E-state index contributed by atoms with van der Waals surface area (Å²) in [7, 11) is 0. The Morgan fingerprint density at radius 1 is 0.824 bits per heavy atom. The number of rotatable bonds is 9. The number of benzene rings is 3. The largest absolute Gasteiger partial charge is 0.494 e. The second kappa shape index (κ2) is 10.2. The maximum atomic E-state index is 14.3. The zero-order valence-corrected chi connectivity index (χ0v) is 19.0. The summed E-state index contributed by atoms with van der Waals surface area (Å²) in [5.41, 5.74) is 1.75. The van der Waals surface area contributed by atoms with Gasteiger partial charge in [0.15, 0.2) is 0 Å². The lowest BCUT2D eigenvalue weighted by molar-refractivity contribution is -0.137. The van der Waals surface area contributed by atoms with Crippen molar-refractivity contribution in [1.29, 1.82) is 0 Å². The highest BCUT2D eigenvalue weighted by Gasteiger charge is 2.39. The maximum absolute atomic E-state index is 14.3. The summed E-state index contributed by atoms with van der Waals surface area (Å²) in [6.45, 7) is 4.60. The van der Waals surface area contributed by atoms with Crippen molar-refractivity contribution in [2.45, 2.75) is 20.4 Å². The van der Waals surface area contributed by atoms with Crippen LogP contribution in [-0.4, -0.2) is 29.9 Å². The monoisotopic (exact) mass is 460 g/mol. The number of imide groups is 1. The first-order valence-electron chi connectivity index (χ1n) is 11.1. The van der Waals surface area contributed by atoms with Crippen LogP contribution in [0, 0.1) is 5.82 Å². The first-order chi connectivity index (χ1) is 16.5. The Morgan fingerprint density at radius 2 is 1.53 bits per heavy atom. The minimum absolute atomic E-state index is 0.124. The van der Waals surface area contributed by atoms with Crippen LogP contribution in [0.2, 0.25) is 0 Å². The van der Waals surface area contributed by atoms with Crippen LogP contribution in [0.4, 0.5) is 10.1 Å². The molecule has 6 nitrogen and oxygen atoms in total. The molecular weight excluding hydrogens is 435 g/mol. The topological polar surface area (TPSA) is 67.9 Å². The Kier molecular flexibility index (Phi) is 6.92. The molecule has 4 rings (SSSR count). The second-order valence-corrected chi connectivity index (χ2v) is 7.58. The van der Waals surface area contributed by atoms with E-state index in [1.54, 1.807) is 60.7 Å². The average molecular weight is 461 g/mol. The molecular formula is C27H25FN2O4. The van der Waals surface area contributed by atoms with Gasteiger partial charge in [0.25, 0.3) is 11.8 Å². The fourth-order valence-corrected chi connectivity index (χ4v) is 3.76. The summed E-state index contributed by atoms with van der Waals surface area (Å²) >= 11 is 0. The van der Waals surface area contributed by atoms with Crippen molar-refractivity contribution in [1.82, 2.24) is 4.90 Å². The summed E-state index contributed by atoms with van der Waals surface area (Å²) in [4.78, 5) is 27.9. The van der Waals surface area contributed by atoms with Crippen LogP contribution >= 0.6 is 0 Å². The van der Waals surface area contributed by atoms with Crippen molar-refractivity contribution in [2.75, 3.05) is 18.5 Å². The molecule has 0 aliphatic carbocycles. The molecule has 34 heavy (non-hydrogen) atoms. The van der Waals surface area contributed by atoms with E-state index in [0.717, 1.165) is 4.90 Å². The number of hydrogen-bond donors (Lipinski definition) is 1. The molecule has 1 aliphatic rings. The number of nitrogens with zero attached hydrogens (tertiary/aromatic N) is 1. The minimum atomic E-state index is -0.529. The molecule has 3 aromatic rings. The molecule has 0 radical (unpaired) electrons. The Morgan fingerprint density at radius 3 is 2.24 bits per heavy atom. The maximum Gasteiger partial charge on any atom is 0.278 e. The Balaban J connectivity index is 1.72. The number of carbonyl (C=O) groups excluding carboxylic acids is 2. The lowest BCUT2D eigenvalue weighted by atomic mass is 10.0. The number of nitrogens with one attached hydrogen (secondary N) is 1. The van der Waals surface area contributed by atoms with Gasteiger partial charge < -0.3 is 14.8 Å². The second-order valence-electron chi connectivity index (χ2n) is 7.58. The van der Waals surface area contributed by atoms with Gasteiger partial charge in [-0.3, -0.25) is 14.5 Å². The van der Waals surface area contributed by atoms with Gasteiger partial charge in [-0.05, 0) is 49.7 Å². The first kappa shape index (κ1) is 23.0. The SMILES string of the molecule is CCOc1ccc(C2=C(Nc3cccc(OCC)c3)C(=O)N(Cc3ccccc3F)C2=O)cc1. The van der Waals surface area contributed by atoms with Gasteiger partial charge in [0, 0.05) is 17.3 Å². The van der Waals surface area contributed by atoms with Crippen molar-refractivity contribution < 1.29 is 23.5 Å². The molecule has 174 valence electrons. The van der Waals surface area contributed by atoms with E-state index in [9.17, 15) is 14.0 Å². The van der Waals surface area contributed by atoms with Crippen molar-refractivity contribution in [3.05, 3.63) is 95.4 Å². The lowest BCUT2D eigenvalue weighted by Gasteiger charge is -2.16. The van der Waals surface area contributed by atoms with Gasteiger partial charge in [0.05, 0.1) is 25.3 Å². The van der Waals surface area contributed by atoms with E-state index in [1.807, 2.05) is 19.9 Å². The third kappa shape index (κ3) is 4.78. The number of anilines is 1. The number of ether oxygens (including phenoxy) is 2. The van der Waals surface area contributed by atoms with Gasteiger partial charge >= 0.3 is 0 Å². The number of halogens is 1. The van der Waals surface area contributed by atoms with Gasteiger partial charge in [0.1, 0.15) is 23.0 Å². The third-order valence-corrected chi connectivity index (χ3v) is 5.32. The van der Waals surface area contributed by atoms with Crippen LogP contribution in [0.1, 0.15) is 25.0 Å².